The van der Waals surface area contributed by atoms with Gasteiger partial charge in [0.15, 0.2) is 0 Å². The molecule has 0 saturated carbocycles. The van der Waals surface area contributed by atoms with Crippen molar-refractivity contribution in [2.45, 2.75) is 26.0 Å². The summed E-state index contributed by atoms with van der Waals surface area (Å²) < 4.78 is 0. The average Bonchev–Trinajstić information content (AvgIpc) is 2.59. The highest BCUT2D eigenvalue weighted by Crippen LogP contribution is 2.20. The molecule has 24 heavy (non-hydrogen) atoms. The van der Waals surface area contributed by atoms with Gasteiger partial charge in [0, 0.05) is 5.56 Å². The third-order valence-corrected chi connectivity index (χ3v) is 3.69. The van der Waals surface area contributed by atoms with Crippen molar-refractivity contribution >= 4 is 11.8 Å². The molecule has 2 atom stereocenters. The molecule has 0 saturated heterocycles. The van der Waals surface area contributed by atoms with Crippen LogP contribution in [0.15, 0.2) is 48.5 Å². The van der Waals surface area contributed by atoms with Crippen molar-refractivity contribution in [1.82, 2.24) is 10.8 Å². The molecule has 0 aliphatic heterocycles. The van der Waals surface area contributed by atoms with Crippen LogP contribution >= 0.6 is 0 Å². The zero-order valence-corrected chi connectivity index (χ0v) is 13.5. The molecule has 6 nitrogen and oxygen atoms in total. The van der Waals surface area contributed by atoms with E-state index in [0.717, 1.165) is 11.1 Å². The molecule has 0 aromatic heterocycles. The fourth-order valence-electron chi connectivity index (χ4n) is 2.26. The average molecular weight is 328 g/mol. The fourth-order valence-corrected chi connectivity index (χ4v) is 2.26. The molecule has 2 aromatic rings. The van der Waals surface area contributed by atoms with E-state index in [1.807, 2.05) is 43.3 Å². The number of carbonyl (C=O) groups excluding carboxylic acids is 2. The number of carbonyl (C=O) groups is 2. The maximum atomic E-state index is 12.2. The van der Waals surface area contributed by atoms with Crippen molar-refractivity contribution < 1.29 is 19.9 Å². The summed E-state index contributed by atoms with van der Waals surface area (Å²) >= 11 is 0. The first-order chi connectivity index (χ1) is 11.4. The van der Waals surface area contributed by atoms with Crippen LogP contribution in [0.1, 0.15) is 22.8 Å². The third-order valence-electron chi connectivity index (χ3n) is 3.69. The Morgan fingerprint density at radius 2 is 1.46 bits per heavy atom. The highest BCUT2D eigenvalue weighted by atomic mass is 16.5. The topological polar surface area (TPSA) is 98.7 Å². The Kier molecular flexibility index (Phi) is 5.68. The Balaban J connectivity index is 2.13. The van der Waals surface area contributed by atoms with Crippen LogP contribution in [0.4, 0.5) is 0 Å². The van der Waals surface area contributed by atoms with Gasteiger partial charge in [-0.1, -0.05) is 42.0 Å². The second kappa shape index (κ2) is 7.72. The Morgan fingerprint density at radius 3 is 1.92 bits per heavy atom. The van der Waals surface area contributed by atoms with Crippen molar-refractivity contribution in [2.75, 3.05) is 0 Å². The number of rotatable bonds is 5. The van der Waals surface area contributed by atoms with E-state index >= 15 is 0 Å². The van der Waals surface area contributed by atoms with Gasteiger partial charge in [0.05, 0.1) is 6.10 Å². The lowest BCUT2D eigenvalue weighted by atomic mass is 10.0. The van der Waals surface area contributed by atoms with Crippen LogP contribution in [0.3, 0.4) is 0 Å². The molecule has 2 aromatic carbocycles. The van der Waals surface area contributed by atoms with Crippen LogP contribution in [0, 0.1) is 6.92 Å². The number of hydrogen-bond donors (Lipinski definition) is 4. The number of aliphatic hydroxyl groups excluding tert-OH is 1. The maximum Gasteiger partial charge on any atom is 0.268 e. The molecule has 2 rings (SSSR count). The molecule has 4 N–H and O–H groups in total. The van der Waals surface area contributed by atoms with Gasteiger partial charge in [-0.25, -0.2) is 5.48 Å². The molecule has 0 radical (unpaired) electrons. The zero-order valence-electron chi connectivity index (χ0n) is 13.5. The van der Waals surface area contributed by atoms with Gasteiger partial charge in [-0.05, 0) is 37.1 Å². The van der Waals surface area contributed by atoms with Crippen molar-refractivity contribution in [3.05, 3.63) is 59.7 Å². The van der Waals surface area contributed by atoms with Crippen LogP contribution in [-0.4, -0.2) is 34.3 Å². The minimum Gasteiger partial charge on any atom is -0.391 e. The number of hydrogen-bond acceptors (Lipinski definition) is 4. The molecule has 0 unspecified atom stereocenters. The van der Waals surface area contributed by atoms with Gasteiger partial charge in [-0.15, -0.1) is 0 Å². The number of hydroxylamine groups is 1. The lowest BCUT2D eigenvalue weighted by Crippen LogP contribution is -2.51. The summed E-state index contributed by atoms with van der Waals surface area (Å²) in [4.78, 5) is 23.6. The summed E-state index contributed by atoms with van der Waals surface area (Å²) in [5, 5.41) is 20.6. The summed E-state index contributed by atoms with van der Waals surface area (Å²) in [5.41, 5.74) is 4.94. The predicted molar refractivity (Wildman–Crippen MR) is 89.5 cm³/mol. The van der Waals surface area contributed by atoms with E-state index in [-0.39, 0.29) is 0 Å². The molecule has 6 heteroatoms. The van der Waals surface area contributed by atoms with Crippen LogP contribution in [0.5, 0.6) is 0 Å². The van der Waals surface area contributed by atoms with E-state index in [1.54, 1.807) is 12.1 Å². The minimum atomic E-state index is -1.24. The van der Waals surface area contributed by atoms with Crippen molar-refractivity contribution in [1.29, 1.82) is 0 Å². The number of nitrogens with one attached hydrogen (secondary N) is 2. The normalized spacial score (nSPS) is 13.0. The monoisotopic (exact) mass is 328 g/mol. The molecule has 0 aliphatic carbocycles. The predicted octanol–water partition coefficient (Wildman–Crippen LogP) is 1.65. The second-order valence-electron chi connectivity index (χ2n) is 5.61. The Bertz CT molecular complexity index is 709. The van der Waals surface area contributed by atoms with E-state index in [2.05, 4.69) is 5.32 Å². The quantitative estimate of drug-likeness (QED) is 0.495. The Labute approximate surface area is 140 Å². The first kappa shape index (κ1) is 17.7. The van der Waals surface area contributed by atoms with E-state index in [0.29, 0.717) is 5.56 Å². The van der Waals surface area contributed by atoms with E-state index in [9.17, 15) is 14.7 Å². The Morgan fingerprint density at radius 1 is 0.958 bits per heavy atom. The standard InChI is InChI=1S/C18H20N2O4/c1-11-3-5-13(6-4-11)14-7-9-15(10-8-14)17(22)19-16(12(2)21)18(23)20-24/h3-10,12,16,21,24H,1-2H3,(H,19,22)(H,20,23)/t12-,16+/m1/s1. The molecule has 0 heterocycles. The molecular weight excluding hydrogens is 308 g/mol. The van der Waals surface area contributed by atoms with E-state index < -0.39 is 24.0 Å². The maximum absolute atomic E-state index is 12.2. The van der Waals surface area contributed by atoms with Crippen LogP contribution in [-0.2, 0) is 4.79 Å². The van der Waals surface area contributed by atoms with Crippen molar-refractivity contribution in [3.8, 4) is 11.1 Å². The van der Waals surface area contributed by atoms with Crippen molar-refractivity contribution in [2.24, 2.45) is 0 Å². The number of aliphatic hydroxyl groups is 1. The summed E-state index contributed by atoms with van der Waals surface area (Å²) in [6, 6.07) is 13.7. The van der Waals surface area contributed by atoms with Gasteiger partial charge in [0.1, 0.15) is 6.04 Å². The minimum absolute atomic E-state index is 0.349. The Hall–Kier alpha value is -2.70. The van der Waals surface area contributed by atoms with E-state index in [4.69, 9.17) is 5.21 Å². The van der Waals surface area contributed by atoms with Crippen LogP contribution < -0.4 is 10.8 Å². The van der Waals surface area contributed by atoms with E-state index in [1.165, 1.54) is 18.0 Å². The highest BCUT2D eigenvalue weighted by Gasteiger charge is 2.25. The number of aryl methyl sites for hydroxylation is 1. The smallest absolute Gasteiger partial charge is 0.268 e. The summed E-state index contributed by atoms with van der Waals surface area (Å²) in [5.74, 6) is -1.39. The molecular formula is C18H20N2O4. The first-order valence-electron chi connectivity index (χ1n) is 7.52. The number of benzene rings is 2. The highest BCUT2D eigenvalue weighted by molar-refractivity contribution is 5.97. The molecule has 2 amide bonds. The van der Waals surface area contributed by atoms with Gasteiger partial charge in [-0.2, -0.15) is 0 Å². The van der Waals surface area contributed by atoms with Gasteiger partial charge >= 0.3 is 0 Å². The zero-order chi connectivity index (χ0) is 17.7. The lowest BCUT2D eigenvalue weighted by Gasteiger charge is -2.19. The molecule has 0 spiro atoms. The van der Waals surface area contributed by atoms with Gasteiger partial charge in [0.25, 0.3) is 11.8 Å². The summed E-state index contributed by atoms with van der Waals surface area (Å²) in [6.07, 6.45) is -1.15. The summed E-state index contributed by atoms with van der Waals surface area (Å²) in [7, 11) is 0. The second-order valence-corrected chi connectivity index (χ2v) is 5.61. The van der Waals surface area contributed by atoms with Gasteiger partial charge < -0.3 is 10.4 Å². The van der Waals surface area contributed by atoms with Crippen LogP contribution in [0.2, 0.25) is 0 Å². The molecule has 0 bridgehead atoms. The fraction of sp³-hybridized carbons (Fsp3) is 0.222. The SMILES string of the molecule is Cc1ccc(-c2ccc(C(=O)N[C@H](C(=O)NO)[C@@H](C)O)cc2)cc1. The van der Waals surface area contributed by atoms with Crippen LogP contribution in [0.25, 0.3) is 11.1 Å². The third kappa shape index (κ3) is 4.18. The molecule has 0 fully saturated rings. The van der Waals surface area contributed by atoms with Crippen molar-refractivity contribution in [3.63, 3.8) is 0 Å². The number of amides is 2. The largest absolute Gasteiger partial charge is 0.391 e. The first-order valence-corrected chi connectivity index (χ1v) is 7.52. The van der Waals surface area contributed by atoms with Gasteiger partial charge in [0.2, 0.25) is 0 Å². The lowest BCUT2D eigenvalue weighted by molar-refractivity contribution is -0.133. The molecule has 126 valence electrons. The summed E-state index contributed by atoms with van der Waals surface area (Å²) in [6.45, 7) is 3.36. The van der Waals surface area contributed by atoms with Gasteiger partial charge in [-0.3, -0.25) is 14.8 Å². The molecule has 0 aliphatic rings.